The number of aryl methyl sites for hydroxylation is 1. The number of hydrogen-bond donors (Lipinski definition) is 3. The molecule has 1 fully saturated rings. The van der Waals surface area contributed by atoms with Gasteiger partial charge in [-0.15, -0.1) is 0 Å². The molecule has 1 saturated heterocycles. The first-order valence-corrected chi connectivity index (χ1v) is 10.9. The van der Waals surface area contributed by atoms with Crippen LogP contribution in [0.1, 0.15) is 35.6 Å². The number of nitrogens with two attached hydrogens (primary N) is 1. The van der Waals surface area contributed by atoms with Crippen LogP contribution >= 0.6 is 0 Å². The maximum atomic E-state index is 13.3. The minimum Gasteiger partial charge on any atom is -0.370 e. The lowest BCUT2D eigenvalue weighted by atomic mass is 10.0. The van der Waals surface area contributed by atoms with Crippen molar-refractivity contribution in [1.82, 2.24) is 0 Å². The maximum absolute atomic E-state index is 13.3. The fraction of sp³-hybridized carbons (Fsp3) is 0.231. The SMILES string of the molecule is Cc1cc(NC(=O)[C@@H](Nc2cccc(CN)c2)c2ccccc2)ccc1N1CCCC1=O. The number of nitrogens with one attached hydrogen (secondary N) is 2. The average molecular weight is 429 g/mol. The smallest absolute Gasteiger partial charge is 0.251 e. The van der Waals surface area contributed by atoms with Gasteiger partial charge in [0.25, 0.3) is 5.91 Å². The van der Waals surface area contributed by atoms with Crippen molar-refractivity contribution in [3.05, 3.63) is 89.5 Å². The van der Waals surface area contributed by atoms with Crippen molar-refractivity contribution in [3.63, 3.8) is 0 Å². The van der Waals surface area contributed by atoms with Crippen molar-refractivity contribution in [2.24, 2.45) is 5.73 Å². The first-order chi connectivity index (χ1) is 15.5. The van der Waals surface area contributed by atoms with Gasteiger partial charge >= 0.3 is 0 Å². The lowest BCUT2D eigenvalue weighted by Crippen LogP contribution is -2.27. The Kier molecular flexibility index (Phi) is 6.52. The van der Waals surface area contributed by atoms with Crippen molar-refractivity contribution in [3.8, 4) is 0 Å². The lowest BCUT2D eigenvalue weighted by Gasteiger charge is -2.22. The number of carbonyl (C=O) groups excluding carboxylic acids is 2. The second-order valence-corrected chi connectivity index (χ2v) is 8.03. The Hall–Kier alpha value is -3.64. The van der Waals surface area contributed by atoms with Crippen LogP contribution in [-0.2, 0) is 16.1 Å². The summed E-state index contributed by atoms with van der Waals surface area (Å²) >= 11 is 0. The Morgan fingerprint density at radius 2 is 1.84 bits per heavy atom. The van der Waals surface area contributed by atoms with Crippen LogP contribution in [-0.4, -0.2) is 18.4 Å². The van der Waals surface area contributed by atoms with Gasteiger partial charge in [0, 0.05) is 36.6 Å². The minimum absolute atomic E-state index is 0.151. The minimum atomic E-state index is -0.579. The normalized spacial score (nSPS) is 14.3. The van der Waals surface area contributed by atoms with Gasteiger partial charge in [0.2, 0.25) is 5.91 Å². The van der Waals surface area contributed by atoms with Gasteiger partial charge in [-0.2, -0.15) is 0 Å². The van der Waals surface area contributed by atoms with E-state index in [4.69, 9.17) is 5.73 Å². The van der Waals surface area contributed by atoms with E-state index in [0.717, 1.165) is 41.0 Å². The van der Waals surface area contributed by atoms with Gasteiger partial charge in [-0.3, -0.25) is 9.59 Å². The Bertz CT molecular complexity index is 1110. The third-order valence-electron chi connectivity index (χ3n) is 5.70. The molecule has 0 saturated carbocycles. The lowest BCUT2D eigenvalue weighted by molar-refractivity contribution is -0.117. The summed E-state index contributed by atoms with van der Waals surface area (Å²) in [5, 5.41) is 6.38. The fourth-order valence-electron chi connectivity index (χ4n) is 4.05. The quantitative estimate of drug-likeness (QED) is 0.521. The second kappa shape index (κ2) is 9.66. The second-order valence-electron chi connectivity index (χ2n) is 8.03. The topological polar surface area (TPSA) is 87.5 Å². The molecule has 1 atom stereocenters. The third-order valence-corrected chi connectivity index (χ3v) is 5.70. The molecule has 0 bridgehead atoms. The Balaban J connectivity index is 1.56. The Morgan fingerprint density at radius 1 is 1.03 bits per heavy atom. The van der Waals surface area contributed by atoms with Gasteiger partial charge in [0.1, 0.15) is 6.04 Å². The number of amides is 2. The summed E-state index contributed by atoms with van der Waals surface area (Å²) in [4.78, 5) is 27.2. The molecular formula is C26H28N4O2. The van der Waals surface area contributed by atoms with Gasteiger partial charge in [0.15, 0.2) is 0 Å². The van der Waals surface area contributed by atoms with E-state index in [9.17, 15) is 9.59 Å². The van der Waals surface area contributed by atoms with Crippen molar-refractivity contribution >= 4 is 28.9 Å². The fourth-order valence-corrected chi connectivity index (χ4v) is 4.05. The third kappa shape index (κ3) is 4.81. The molecule has 4 N–H and O–H groups in total. The molecule has 6 nitrogen and oxygen atoms in total. The Labute approximate surface area is 188 Å². The van der Waals surface area contributed by atoms with E-state index in [-0.39, 0.29) is 11.8 Å². The molecule has 1 aliphatic heterocycles. The van der Waals surface area contributed by atoms with Crippen molar-refractivity contribution in [2.75, 3.05) is 22.1 Å². The van der Waals surface area contributed by atoms with Crippen molar-refractivity contribution < 1.29 is 9.59 Å². The molecule has 0 aliphatic carbocycles. The summed E-state index contributed by atoms with van der Waals surface area (Å²) in [6.45, 7) is 3.14. The number of rotatable bonds is 7. The molecule has 3 aromatic rings. The van der Waals surface area contributed by atoms with Gasteiger partial charge < -0.3 is 21.3 Å². The molecule has 3 aromatic carbocycles. The van der Waals surface area contributed by atoms with Crippen LogP contribution in [0.4, 0.5) is 17.1 Å². The first-order valence-electron chi connectivity index (χ1n) is 10.9. The Morgan fingerprint density at radius 3 is 2.53 bits per heavy atom. The van der Waals surface area contributed by atoms with Crippen LogP contribution in [0, 0.1) is 6.92 Å². The monoisotopic (exact) mass is 428 g/mol. The number of benzene rings is 3. The number of nitrogens with zero attached hydrogens (tertiary/aromatic N) is 1. The summed E-state index contributed by atoms with van der Waals surface area (Å²) < 4.78 is 0. The summed E-state index contributed by atoms with van der Waals surface area (Å²) in [6.07, 6.45) is 1.47. The van der Waals surface area contributed by atoms with Gasteiger partial charge in [0.05, 0.1) is 0 Å². The molecule has 6 heteroatoms. The molecule has 0 radical (unpaired) electrons. The number of anilines is 3. The molecule has 32 heavy (non-hydrogen) atoms. The van der Waals surface area contributed by atoms with E-state index in [1.165, 1.54) is 0 Å². The predicted molar refractivity (Wildman–Crippen MR) is 129 cm³/mol. The average Bonchev–Trinajstić information content (AvgIpc) is 3.23. The van der Waals surface area contributed by atoms with E-state index in [0.29, 0.717) is 18.7 Å². The van der Waals surface area contributed by atoms with Crippen LogP contribution in [0.3, 0.4) is 0 Å². The van der Waals surface area contributed by atoms with Crippen LogP contribution in [0.15, 0.2) is 72.8 Å². The zero-order valence-electron chi connectivity index (χ0n) is 18.2. The molecule has 4 rings (SSSR count). The van der Waals surface area contributed by atoms with Crippen LogP contribution < -0.4 is 21.3 Å². The molecule has 0 unspecified atom stereocenters. The van der Waals surface area contributed by atoms with Gasteiger partial charge in [-0.05, 0) is 60.4 Å². The first kappa shape index (κ1) is 21.6. The number of hydrogen-bond acceptors (Lipinski definition) is 4. The molecule has 1 aliphatic rings. The summed E-state index contributed by atoms with van der Waals surface area (Å²) in [5.41, 5.74) is 11.0. The highest BCUT2D eigenvalue weighted by molar-refractivity contribution is 5.99. The zero-order valence-corrected chi connectivity index (χ0v) is 18.2. The van der Waals surface area contributed by atoms with Crippen molar-refractivity contribution in [2.45, 2.75) is 32.4 Å². The van der Waals surface area contributed by atoms with E-state index < -0.39 is 6.04 Å². The number of carbonyl (C=O) groups is 2. The maximum Gasteiger partial charge on any atom is 0.251 e. The largest absolute Gasteiger partial charge is 0.370 e. The molecular weight excluding hydrogens is 400 g/mol. The molecule has 0 spiro atoms. The summed E-state index contributed by atoms with van der Waals surface area (Å²) in [5.74, 6) is -0.0170. The molecule has 2 amide bonds. The highest BCUT2D eigenvalue weighted by atomic mass is 16.2. The molecule has 1 heterocycles. The molecule has 164 valence electrons. The van der Waals surface area contributed by atoms with E-state index in [2.05, 4.69) is 10.6 Å². The van der Waals surface area contributed by atoms with E-state index in [1.54, 1.807) is 0 Å². The van der Waals surface area contributed by atoms with Gasteiger partial charge in [-0.1, -0.05) is 42.5 Å². The predicted octanol–water partition coefficient (Wildman–Crippen LogP) is 4.37. The van der Waals surface area contributed by atoms with Crippen LogP contribution in [0.5, 0.6) is 0 Å². The highest BCUT2D eigenvalue weighted by Gasteiger charge is 2.24. The summed E-state index contributed by atoms with van der Waals surface area (Å²) in [6, 6.07) is 22.5. The zero-order chi connectivity index (χ0) is 22.5. The van der Waals surface area contributed by atoms with Gasteiger partial charge in [-0.25, -0.2) is 0 Å². The van der Waals surface area contributed by atoms with Crippen LogP contribution in [0.25, 0.3) is 0 Å². The summed E-state index contributed by atoms with van der Waals surface area (Å²) in [7, 11) is 0. The molecule has 0 aromatic heterocycles. The van der Waals surface area contributed by atoms with Crippen molar-refractivity contribution in [1.29, 1.82) is 0 Å². The van der Waals surface area contributed by atoms with E-state index >= 15 is 0 Å². The van der Waals surface area contributed by atoms with E-state index in [1.807, 2.05) is 84.6 Å². The van der Waals surface area contributed by atoms with Crippen LogP contribution in [0.2, 0.25) is 0 Å². The standard InChI is InChI=1S/C26H28N4O2/c1-18-15-22(12-13-23(18)30-14-6-11-24(30)31)29-26(32)25(20-8-3-2-4-9-20)28-21-10-5-7-19(16-21)17-27/h2-5,7-10,12-13,15-16,25,28H,6,11,14,17,27H2,1H3,(H,29,32)/t25-/m0/s1. The highest BCUT2D eigenvalue weighted by Crippen LogP contribution is 2.28.